The third kappa shape index (κ3) is 4.67. The van der Waals surface area contributed by atoms with Crippen LogP contribution in [0.4, 0.5) is 5.69 Å². The van der Waals surface area contributed by atoms with E-state index < -0.39 is 9.84 Å². The Balaban J connectivity index is 1.97. The summed E-state index contributed by atoms with van der Waals surface area (Å²) in [6.45, 7) is 3.67. The van der Waals surface area contributed by atoms with Crippen molar-refractivity contribution in [1.82, 2.24) is 4.98 Å². The maximum Gasteiger partial charge on any atom is 0.266 e. The van der Waals surface area contributed by atoms with Crippen LogP contribution in [0.15, 0.2) is 22.6 Å². The summed E-state index contributed by atoms with van der Waals surface area (Å²) in [6, 6.07) is 5.07. The zero-order valence-corrected chi connectivity index (χ0v) is 14.0. The molecule has 0 unspecified atom stereocenters. The number of carbonyl (C=O) groups excluding carboxylic acids is 1. The van der Waals surface area contributed by atoms with Crippen molar-refractivity contribution >= 4 is 44.7 Å². The summed E-state index contributed by atoms with van der Waals surface area (Å²) in [5.41, 5.74) is 1.81. The maximum atomic E-state index is 11.9. The van der Waals surface area contributed by atoms with Gasteiger partial charge in [0.2, 0.25) is 5.91 Å². The van der Waals surface area contributed by atoms with E-state index in [1.807, 2.05) is 13.8 Å². The summed E-state index contributed by atoms with van der Waals surface area (Å²) < 4.78 is 28.8. The Hall–Kier alpha value is -1.67. The molecule has 22 heavy (non-hydrogen) atoms. The van der Waals surface area contributed by atoms with Gasteiger partial charge in [0.25, 0.3) is 4.84 Å². The largest absolute Gasteiger partial charge is 0.429 e. The molecule has 0 aliphatic carbocycles. The van der Waals surface area contributed by atoms with Crippen molar-refractivity contribution < 1.29 is 17.6 Å². The van der Waals surface area contributed by atoms with Crippen LogP contribution in [0.3, 0.4) is 0 Å². The predicted octanol–water partition coefficient (Wildman–Crippen LogP) is 2.89. The molecule has 0 bridgehead atoms. The van der Waals surface area contributed by atoms with Gasteiger partial charge in [0.1, 0.15) is 0 Å². The molecule has 0 aliphatic rings. The van der Waals surface area contributed by atoms with Crippen LogP contribution in [0, 0.1) is 10.8 Å². The normalized spacial score (nSPS) is 12.0. The number of rotatable bonds is 6. The summed E-state index contributed by atoms with van der Waals surface area (Å²) in [4.78, 5) is 15.0. The lowest BCUT2D eigenvalue weighted by atomic mass is 10.3. The average molecular weight is 342 g/mol. The molecule has 0 saturated carbocycles. The summed E-state index contributed by atoms with van der Waals surface area (Å²) in [7, 11) is -3.20. The Bertz CT molecular complexity index is 834. The van der Waals surface area contributed by atoms with Gasteiger partial charge in [-0.1, -0.05) is 13.8 Å². The molecule has 120 valence electrons. The average Bonchev–Trinajstić information content (AvgIpc) is 2.74. The fourth-order valence-electron chi connectivity index (χ4n) is 2.09. The number of oxazole rings is 1. The van der Waals surface area contributed by atoms with E-state index in [1.165, 1.54) is 0 Å². The molecule has 0 atom stereocenters. The van der Waals surface area contributed by atoms with E-state index in [-0.39, 0.29) is 34.6 Å². The van der Waals surface area contributed by atoms with Gasteiger partial charge >= 0.3 is 0 Å². The van der Waals surface area contributed by atoms with Gasteiger partial charge in [-0.25, -0.2) is 8.42 Å². The second-order valence-corrected chi connectivity index (χ2v) is 8.13. The Morgan fingerprint density at radius 3 is 2.82 bits per heavy atom. The Morgan fingerprint density at radius 1 is 1.41 bits per heavy atom. The van der Waals surface area contributed by atoms with E-state index in [0.717, 1.165) is 5.52 Å². The number of H-pyrrole nitrogens is 1. The highest BCUT2D eigenvalue weighted by Crippen LogP contribution is 2.18. The fraction of sp³-hybridized carbons (Fsp3) is 0.429. The number of amides is 1. The molecule has 0 spiro atoms. The van der Waals surface area contributed by atoms with Gasteiger partial charge in [0.05, 0.1) is 17.0 Å². The minimum absolute atomic E-state index is 0.0539. The van der Waals surface area contributed by atoms with E-state index in [2.05, 4.69) is 10.3 Å². The van der Waals surface area contributed by atoms with Gasteiger partial charge in [0, 0.05) is 18.2 Å². The number of hydrogen-bond acceptors (Lipinski definition) is 5. The maximum absolute atomic E-state index is 11.9. The second kappa shape index (κ2) is 6.62. The number of aromatic nitrogens is 1. The van der Waals surface area contributed by atoms with Crippen LogP contribution in [0.5, 0.6) is 0 Å². The van der Waals surface area contributed by atoms with E-state index in [9.17, 15) is 13.2 Å². The van der Waals surface area contributed by atoms with Crippen LogP contribution in [-0.4, -0.2) is 30.8 Å². The summed E-state index contributed by atoms with van der Waals surface area (Å²) in [5, 5.41) is 2.66. The van der Waals surface area contributed by atoms with Crippen molar-refractivity contribution in [2.75, 3.05) is 16.8 Å². The van der Waals surface area contributed by atoms with Crippen molar-refractivity contribution in [3.63, 3.8) is 0 Å². The van der Waals surface area contributed by atoms with Gasteiger partial charge in [-0.05, 0) is 30.3 Å². The number of nitrogens with one attached hydrogen (secondary N) is 2. The van der Waals surface area contributed by atoms with Crippen LogP contribution in [0.2, 0.25) is 0 Å². The van der Waals surface area contributed by atoms with Gasteiger partial charge in [0.15, 0.2) is 15.4 Å². The number of hydrogen-bond donors (Lipinski definition) is 2. The summed E-state index contributed by atoms with van der Waals surface area (Å²) in [6.07, 6.45) is -0.0658. The van der Waals surface area contributed by atoms with E-state index >= 15 is 0 Å². The molecule has 0 fully saturated rings. The number of benzene rings is 1. The van der Waals surface area contributed by atoms with Crippen LogP contribution < -0.4 is 5.32 Å². The molecular weight excluding hydrogens is 324 g/mol. The smallest absolute Gasteiger partial charge is 0.266 e. The van der Waals surface area contributed by atoms with E-state index in [4.69, 9.17) is 16.6 Å². The minimum atomic E-state index is -3.20. The monoisotopic (exact) mass is 342 g/mol. The number of sulfone groups is 1. The molecule has 2 aromatic rings. The van der Waals surface area contributed by atoms with Gasteiger partial charge < -0.3 is 14.7 Å². The lowest BCUT2D eigenvalue weighted by Gasteiger charge is -2.07. The quantitative estimate of drug-likeness (QED) is 0.788. The molecule has 0 saturated heterocycles. The molecule has 2 rings (SSSR count). The van der Waals surface area contributed by atoms with Crippen molar-refractivity contribution in [3.8, 4) is 0 Å². The summed E-state index contributed by atoms with van der Waals surface area (Å²) >= 11 is 4.88. The number of fused-ring (bicyclic) bond motifs is 1. The molecule has 1 heterocycles. The number of carbonyl (C=O) groups is 1. The SMILES string of the molecule is CC(C)CS(=O)(=O)CCC(=O)Nc1ccc2[nH]c(=S)oc2c1. The van der Waals surface area contributed by atoms with Crippen molar-refractivity contribution in [3.05, 3.63) is 23.0 Å². The molecule has 0 aliphatic heterocycles. The lowest BCUT2D eigenvalue weighted by Crippen LogP contribution is -2.20. The molecule has 1 aromatic carbocycles. The number of anilines is 1. The Kier molecular flexibility index (Phi) is 5.02. The fourth-order valence-corrected chi connectivity index (χ4v) is 3.96. The molecular formula is C14H18N2O4S2. The van der Waals surface area contributed by atoms with Crippen LogP contribution >= 0.6 is 12.2 Å². The molecule has 1 aromatic heterocycles. The zero-order valence-electron chi connectivity index (χ0n) is 12.4. The molecule has 8 heteroatoms. The molecule has 6 nitrogen and oxygen atoms in total. The van der Waals surface area contributed by atoms with E-state index in [0.29, 0.717) is 11.3 Å². The number of aromatic amines is 1. The zero-order chi connectivity index (χ0) is 16.3. The highest BCUT2D eigenvalue weighted by atomic mass is 32.2. The lowest BCUT2D eigenvalue weighted by molar-refractivity contribution is -0.115. The molecule has 1 amide bonds. The topological polar surface area (TPSA) is 92.2 Å². The second-order valence-electron chi connectivity index (χ2n) is 5.53. The third-order valence-corrected chi connectivity index (χ3v) is 5.12. The first-order valence-electron chi connectivity index (χ1n) is 6.88. The Morgan fingerprint density at radius 2 is 2.14 bits per heavy atom. The Labute approximate surface area is 133 Å². The van der Waals surface area contributed by atoms with Gasteiger partial charge in [-0.3, -0.25) is 4.79 Å². The van der Waals surface area contributed by atoms with Crippen LogP contribution in [0.25, 0.3) is 11.1 Å². The van der Waals surface area contributed by atoms with Crippen molar-refractivity contribution in [2.45, 2.75) is 20.3 Å². The highest BCUT2D eigenvalue weighted by Gasteiger charge is 2.15. The third-order valence-electron chi connectivity index (χ3n) is 2.93. The summed E-state index contributed by atoms with van der Waals surface area (Å²) in [5.74, 6) is -0.348. The van der Waals surface area contributed by atoms with Gasteiger partial charge in [-0.15, -0.1) is 0 Å². The van der Waals surface area contributed by atoms with E-state index in [1.54, 1.807) is 18.2 Å². The highest BCUT2D eigenvalue weighted by molar-refractivity contribution is 7.91. The molecule has 2 N–H and O–H groups in total. The first kappa shape index (κ1) is 16.7. The van der Waals surface area contributed by atoms with Crippen LogP contribution in [-0.2, 0) is 14.6 Å². The van der Waals surface area contributed by atoms with Crippen molar-refractivity contribution in [2.24, 2.45) is 5.92 Å². The first-order chi connectivity index (χ1) is 10.2. The molecule has 0 radical (unpaired) electrons. The minimum Gasteiger partial charge on any atom is -0.429 e. The van der Waals surface area contributed by atoms with Crippen molar-refractivity contribution in [1.29, 1.82) is 0 Å². The standard InChI is InChI=1S/C14H18N2O4S2/c1-9(2)8-22(18,19)6-5-13(17)15-10-3-4-11-12(7-10)20-14(21)16-11/h3-4,7,9H,5-6,8H2,1-2H3,(H,15,17)(H,16,21). The van der Waals surface area contributed by atoms with Gasteiger partial charge in [-0.2, -0.15) is 0 Å². The van der Waals surface area contributed by atoms with Crippen LogP contribution in [0.1, 0.15) is 20.3 Å². The predicted molar refractivity (Wildman–Crippen MR) is 88.1 cm³/mol. The first-order valence-corrected chi connectivity index (χ1v) is 9.11.